The van der Waals surface area contributed by atoms with E-state index in [1.165, 1.54) is 11.3 Å². The molecule has 1 aliphatic rings. The monoisotopic (exact) mass is 338 g/mol. The molecule has 0 saturated heterocycles. The van der Waals surface area contributed by atoms with Gasteiger partial charge in [-0.1, -0.05) is 24.3 Å². The number of fused-ring (bicyclic) bond motifs is 3. The second-order valence-electron chi connectivity index (χ2n) is 5.29. The van der Waals surface area contributed by atoms with Gasteiger partial charge in [0, 0.05) is 16.0 Å². The number of methoxy groups -OCH3 is 1. The average Bonchev–Trinajstić information content (AvgIpc) is 3.07. The third-order valence-corrected chi connectivity index (χ3v) is 4.99. The summed E-state index contributed by atoms with van der Waals surface area (Å²) in [5.74, 6) is 1.39. The number of hydrogen-bond donors (Lipinski definition) is 0. The SMILES string of the molecule is COc1ccccc1OC(=O)c1cc2c(s1)-c1ccccc1OC2. The molecule has 2 heterocycles. The highest BCUT2D eigenvalue weighted by atomic mass is 32.1. The van der Waals surface area contributed by atoms with Crippen molar-refractivity contribution in [2.45, 2.75) is 6.61 Å². The van der Waals surface area contributed by atoms with Crippen molar-refractivity contribution < 1.29 is 19.0 Å². The second-order valence-corrected chi connectivity index (χ2v) is 6.34. The van der Waals surface area contributed by atoms with E-state index in [2.05, 4.69) is 0 Å². The summed E-state index contributed by atoms with van der Waals surface area (Å²) >= 11 is 1.42. The quantitative estimate of drug-likeness (QED) is 0.520. The van der Waals surface area contributed by atoms with Gasteiger partial charge in [0.15, 0.2) is 11.5 Å². The maximum atomic E-state index is 12.5. The van der Waals surface area contributed by atoms with Crippen LogP contribution in [0, 0.1) is 0 Å². The molecule has 0 aliphatic carbocycles. The largest absolute Gasteiger partial charge is 0.493 e. The van der Waals surface area contributed by atoms with Crippen LogP contribution in [0.1, 0.15) is 15.2 Å². The lowest BCUT2D eigenvalue weighted by molar-refractivity contribution is 0.0734. The van der Waals surface area contributed by atoms with Gasteiger partial charge in [-0.25, -0.2) is 4.79 Å². The van der Waals surface area contributed by atoms with Gasteiger partial charge in [0.1, 0.15) is 17.2 Å². The van der Waals surface area contributed by atoms with Crippen LogP contribution < -0.4 is 14.2 Å². The van der Waals surface area contributed by atoms with Crippen LogP contribution in [0.5, 0.6) is 17.2 Å². The zero-order valence-electron chi connectivity index (χ0n) is 12.9. The van der Waals surface area contributed by atoms with Crippen LogP contribution in [0.2, 0.25) is 0 Å². The van der Waals surface area contributed by atoms with Gasteiger partial charge >= 0.3 is 5.97 Å². The van der Waals surface area contributed by atoms with Gasteiger partial charge in [0.25, 0.3) is 0 Å². The molecule has 4 nitrogen and oxygen atoms in total. The van der Waals surface area contributed by atoms with Crippen molar-refractivity contribution in [2.24, 2.45) is 0 Å². The molecule has 0 N–H and O–H groups in total. The van der Waals surface area contributed by atoms with Crippen LogP contribution in [-0.4, -0.2) is 13.1 Å². The molecule has 1 aliphatic heterocycles. The van der Waals surface area contributed by atoms with Crippen LogP contribution in [-0.2, 0) is 6.61 Å². The Morgan fingerprint density at radius 1 is 1.08 bits per heavy atom. The van der Waals surface area contributed by atoms with E-state index in [0.29, 0.717) is 23.0 Å². The molecule has 0 unspecified atom stereocenters. The number of ether oxygens (including phenoxy) is 3. The Morgan fingerprint density at radius 2 is 1.83 bits per heavy atom. The van der Waals surface area contributed by atoms with Gasteiger partial charge in [0.05, 0.1) is 7.11 Å². The lowest BCUT2D eigenvalue weighted by Crippen LogP contribution is -2.07. The fraction of sp³-hybridized carbons (Fsp3) is 0.105. The van der Waals surface area contributed by atoms with E-state index in [-0.39, 0.29) is 0 Å². The Kier molecular flexibility index (Phi) is 3.70. The number of carbonyl (C=O) groups is 1. The summed E-state index contributed by atoms with van der Waals surface area (Å²) in [6, 6.07) is 16.8. The Balaban J connectivity index is 1.65. The van der Waals surface area contributed by atoms with Crippen LogP contribution in [0.25, 0.3) is 10.4 Å². The highest BCUT2D eigenvalue weighted by molar-refractivity contribution is 7.17. The number of thiophene rings is 1. The van der Waals surface area contributed by atoms with Crippen LogP contribution >= 0.6 is 11.3 Å². The fourth-order valence-corrected chi connectivity index (χ4v) is 3.73. The molecule has 3 aromatic rings. The molecule has 0 spiro atoms. The van der Waals surface area contributed by atoms with Gasteiger partial charge in [-0.2, -0.15) is 0 Å². The summed E-state index contributed by atoms with van der Waals surface area (Å²) < 4.78 is 16.4. The third kappa shape index (κ3) is 2.53. The highest BCUT2D eigenvalue weighted by Gasteiger charge is 2.23. The molecule has 0 saturated carbocycles. The number of rotatable bonds is 3. The third-order valence-electron chi connectivity index (χ3n) is 3.80. The Labute approximate surface area is 143 Å². The molecule has 0 radical (unpaired) electrons. The van der Waals surface area contributed by atoms with Gasteiger partial charge in [-0.3, -0.25) is 0 Å². The predicted molar refractivity (Wildman–Crippen MR) is 92.0 cm³/mol. The van der Waals surface area contributed by atoms with E-state index in [1.54, 1.807) is 25.3 Å². The number of para-hydroxylation sites is 3. The molecule has 0 bridgehead atoms. The molecular weight excluding hydrogens is 324 g/mol. The zero-order valence-corrected chi connectivity index (χ0v) is 13.8. The number of benzene rings is 2. The first-order chi connectivity index (χ1) is 11.8. The maximum absolute atomic E-state index is 12.5. The summed E-state index contributed by atoms with van der Waals surface area (Å²) in [4.78, 5) is 14.1. The van der Waals surface area contributed by atoms with Crippen molar-refractivity contribution in [3.05, 3.63) is 65.0 Å². The molecule has 5 heteroatoms. The first kappa shape index (κ1) is 14.8. The lowest BCUT2D eigenvalue weighted by atomic mass is 10.1. The molecule has 2 aromatic carbocycles. The van der Waals surface area contributed by atoms with E-state index >= 15 is 0 Å². The summed E-state index contributed by atoms with van der Waals surface area (Å²) in [7, 11) is 1.55. The first-order valence-electron chi connectivity index (χ1n) is 7.46. The molecule has 0 amide bonds. The number of hydrogen-bond acceptors (Lipinski definition) is 5. The van der Waals surface area contributed by atoms with Gasteiger partial charge in [-0.15, -0.1) is 11.3 Å². The maximum Gasteiger partial charge on any atom is 0.353 e. The Bertz CT molecular complexity index is 913. The molecular formula is C19H14O4S. The summed E-state index contributed by atoms with van der Waals surface area (Å²) in [5, 5.41) is 0. The molecule has 0 atom stereocenters. The van der Waals surface area contributed by atoms with E-state index in [9.17, 15) is 4.79 Å². The van der Waals surface area contributed by atoms with Crippen molar-refractivity contribution in [1.29, 1.82) is 0 Å². The Hall–Kier alpha value is -2.79. The molecule has 120 valence electrons. The van der Waals surface area contributed by atoms with Gasteiger partial charge in [0.2, 0.25) is 0 Å². The van der Waals surface area contributed by atoms with E-state index in [0.717, 1.165) is 21.8 Å². The summed E-state index contributed by atoms with van der Waals surface area (Å²) in [5.41, 5.74) is 2.02. The second kappa shape index (κ2) is 6.02. The zero-order chi connectivity index (χ0) is 16.5. The first-order valence-corrected chi connectivity index (χ1v) is 8.28. The van der Waals surface area contributed by atoms with Crippen molar-refractivity contribution in [2.75, 3.05) is 7.11 Å². The van der Waals surface area contributed by atoms with Crippen LogP contribution in [0.4, 0.5) is 0 Å². The van der Waals surface area contributed by atoms with Crippen molar-refractivity contribution in [3.8, 4) is 27.7 Å². The van der Waals surface area contributed by atoms with E-state index < -0.39 is 5.97 Å². The van der Waals surface area contributed by atoms with Crippen molar-refractivity contribution in [3.63, 3.8) is 0 Å². The van der Waals surface area contributed by atoms with Gasteiger partial charge < -0.3 is 14.2 Å². The highest BCUT2D eigenvalue weighted by Crippen LogP contribution is 2.42. The summed E-state index contributed by atoms with van der Waals surface area (Å²) in [6.07, 6.45) is 0. The predicted octanol–water partition coefficient (Wildman–Crippen LogP) is 4.54. The van der Waals surface area contributed by atoms with Crippen molar-refractivity contribution >= 4 is 17.3 Å². The molecule has 1 aromatic heterocycles. The minimum atomic E-state index is -0.392. The van der Waals surface area contributed by atoms with Crippen LogP contribution in [0.15, 0.2) is 54.6 Å². The van der Waals surface area contributed by atoms with E-state index in [1.807, 2.05) is 36.4 Å². The molecule has 24 heavy (non-hydrogen) atoms. The minimum Gasteiger partial charge on any atom is -0.493 e. The fourth-order valence-electron chi connectivity index (χ4n) is 2.65. The normalized spacial score (nSPS) is 11.9. The topological polar surface area (TPSA) is 44.8 Å². The average molecular weight is 338 g/mol. The molecule has 0 fully saturated rings. The van der Waals surface area contributed by atoms with E-state index in [4.69, 9.17) is 14.2 Å². The minimum absolute atomic E-state index is 0.392. The Morgan fingerprint density at radius 3 is 2.67 bits per heavy atom. The van der Waals surface area contributed by atoms with Crippen molar-refractivity contribution in [1.82, 2.24) is 0 Å². The summed E-state index contributed by atoms with van der Waals surface area (Å²) in [6.45, 7) is 0.463. The number of carbonyl (C=O) groups excluding carboxylic acids is 1. The smallest absolute Gasteiger partial charge is 0.353 e. The number of esters is 1. The lowest BCUT2D eigenvalue weighted by Gasteiger charge is -2.16. The molecule has 4 rings (SSSR count). The van der Waals surface area contributed by atoms with Gasteiger partial charge in [-0.05, 0) is 30.3 Å². The standard InChI is InChI=1S/C19H14O4S/c1-21-15-8-4-5-9-16(15)23-19(20)17-10-12-11-22-14-7-3-2-6-13(14)18(12)24-17/h2-10H,11H2,1H3. The van der Waals surface area contributed by atoms with Crippen LogP contribution in [0.3, 0.4) is 0 Å².